The molecule has 4 atom stereocenters. The minimum absolute atomic E-state index is 0.156. The van der Waals surface area contributed by atoms with E-state index in [4.69, 9.17) is 11.6 Å². The highest BCUT2D eigenvalue weighted by Crippen LogP contribution is 2.34. The van der Waals surface area contributed by atoms with Crippen LogP contribution in [0.4, 0.5) is 10.5 Å². The van der Waals surface area contributed by atoms with Crippen LogP contribution in [-0.2, 0) is 4.79 Å². The Morgan fingerprint density at radius 2 is 1.93 bits per heavy atom. The summed E-state index contributed by atoms with van der Waals surface area (Å²) in [5, 5.41) is 4.21. The number of carbonyl (C=O) groups excluding carboxylic acids is 2. The summed E-state index contributed by atoms with van der Waals surface area (Å²) < 4.78 is 0. The van der Waals surface area contributed by atoms with Crippen LogP contribution < -0.4 is 10.2 Å². The molecule has 1 aromatic rings. The van der Waals surface area contributed by atoms with Gasteiger partial charge in [0.15, 0.2) is 0 Å². The first kappa shape index (κ1) is 19.2. The molecule has 0 radical (unpaired) electrons. The van der Waals surface area contributed by atoms with E-state index in [2.05, 4.69) is 28.6 Å². The van der Waals surface area contributed by atoms with Gasteiger partial charge in [0.2, 0.25) is 0 Å². The average Bonchev–Trinajstić information content (AvgIpc) is 3.03. The van der Waals surface area contributed by atoms with Crippen molar-refractivity contribution in [2.75, 3.05) is 31.6 Å². The zero-order valence-electron chi connectivity index (χ0n) is 16.4. The van der Waals surface area contributed by atoms with Crippen molar-refractivity contribution in [3.05, 3.63) is 41.4 Å². The van der Waals surface area contributed by atoms with Gasteiger partial charge in [0, 0.05) is 30.8 Å². The fourth-order valence-corrected chi connectivity index (χ4v) is 4.59. The summed E-state index contributed by atoms with van der Waals surface area (Å²) in [6, 6.07) is 7.03. The van der Waals surface area contributed by atoms with E-state index >= 15 is 0 Å². The molecule has 0 aliphatic carbocycles. The molecular formula is C20H26ClN5O2. The molecule has 28 heavy (non-hydrogen) atoms. The topological polar surface area (TPSA) is 59.1 Å². The SMILES string of the molecule is C=C(C)CN1C(=O)C2C(NC3N(c4ccc(Cl)cc4)CC(C)CN23)N(C)C1=O. The Hall–Kier alpha value is -2.09. The minimum atomic E-state index is -0.412. The first-order chi connectivity index (χ1) is 13.3. The molecule has 7 nitrogen and oxygen atoms in total. The number of benzene rings is 1. The number of imide groups is 1. The minimum Gasteiger partial charge on any atom is -0.343 e. The fraction of sp³-hybridized carbons (Fsp3) is 0.500. The van der Waals surface area contributed by atoms with Crippen molar-refractivity contribution in [1.29, 1.82) is 0 Å². The number of hydrogen-bond acceptors (Lipinski definition) is 5. The predicted octanol–water partition coefficient (Wildman–Crippen LogP) is 2.15. The van der Waals surface area contributed by atoms with Crippen LogP contribution in [0.1, 0.15) is 13.8 Å². The second-order valence-electron chi connectivity index (χ2n) is 8.14. The van der Waals surface area contributed by atoms with E-state index in [0.29, 0.717) is 10.9 Å². The monoisotopic (exact) mass is 403 g/mol. The average molecular weight is 404 g/mol. The molecule has 8 heteroatoms. The lowest BCUT2D eigenvalue weighted by Gasteiger charge is -2.46. The summed E-state index contributed by atoms with van der Waals surface area (Å²) in [4.78, 5) is 33.4. The van der Waals surface area contributed by atoms with Crippen LogP contribution in [0, 0.1) is 5.92 Å². The molecule has 0 bridgehead atoms. The number of hydrogen-bond donors (Lipinski definition) is 1. The van der Waals surface area contributed by atoms with Crippen molar-refractivity contribution >= 4 is 29.2 Å². The van der Waals surface area contributed by atoms with E-state index in [0.717, 1.165) is 24.4 Å². The maximum Gasteiger partial charge on any atom is 0.328 e. The molecular weight excluding hydrogens is 378 g/mol. The van der Waals surface area contributed by atoms with Crippen LogP contribution in [0.5, 0.6) is 0 Å². The van der Waals surface area contributed by atoms with Gasteiger partial charge in [-0.05, 0) is 37.1 Å². The highest BCUT2D eigenvalue weighted by molar-refractivity contribution is 6.30. The number of anilines is 1. The largest absolute Gasteiger partial charge is 0.343 e. The Kier molecular flexibility index (Phi) is 4.85. The number of nitrogens with one attached hydrogen (secondary N) is 1. The lowest BCUT2D eigenvalue weighted by atomic mass is 10.0. The van der Waals surface area contributed by atoms with Gasteiger partial charge in [-0.2, -0.15) is 0 Å². The number of rotatable bonds is 3. The fourth-order valence-electron chi connectivity index (χ4n) is 4.47. The Balaban J connectivity index is 1.68. The van der Waals surface area contributed by atoms with Crippen molar-refractivity contribution in [3.8, 4) is 0 Å². The molecule has 4 rings (SSSR count). The molecule has 3 aliphatic heterocycles. The highest BCUT2D eigenvalue weighted by atomic mass is 35.5. The molecule has 3 aliphatic rings. The summed E-state index contributed by atoms with van der Waals surface area (Å²) >= 11 is 6.06. The van der Waals surface area contributed by atoms with Gasteiger partial charge >= 0.3 is 6.03 Å². The molecule has 0 spiro atoms. The van der Waals surface area contributed by atoms with Gasteiger partial charge in [-0.25, -0.2) is 4.79 Å². The van der Waals surface area contributed by atoms with Gasteiger partial charge in [-0.3, -0.25) is 19.9 Å². The third-order valence-electron chi connectivity index (χ3n) is 5.67. The molecule has 3 fully saturated rings. The zero-order valence-corrected chi connectivity index (χ0v) is 17.2. The van der Waals surface area contributed by atoms with Crippen molar-refractivity contribution in [2.45, 2.75) is 32.3 Å². The quantitative estimate of drug-likeness (QED) is 0.784. The maximum absolute atomic E-state index is 13.3. The number of fused-ring (bicyclic) bond motifs is 3. The molecule has 150 valence electrons. The third-order valence-corrected chi connectivity index (χ3v) is 5.92. The Labute approximate surface area is 170 Å². The van der Waals surface area contributed by atoms with Crippen molar-refractivity contribution < 1.29 is 9.59 Å². The molecule has 0 saturated carbocycles. The van der Waals surface area contributed by atoms with Crippen LogP contribution in [0.25, 0.3) is 0 Å². The molecule has 3 amide bonds. The van der Waals surface area contributed by atoms with Gasteiger partial charge in [-0.1, -0.05) is 30.7 Å². The summed E-state index contributed by atoms with van der Waals surface area (Å²) in [7, 11) is 1.75. The molecule has 0 aromatic heterocycles. The van der Waals surface area contributed by atoms with E-state index in [-0.39, 0.29) is 30.9 Å². The van der Waals surface area contributed by atoms with Crippen molar-refractivity contribution in [2.24, 2.45) is 5.92 Å². The number of nitrogens with zero attached hydrogens (tertiary/aromatic N) is 4. The zero-order chi connectivity index (χ0) is 20.2. The van der Waals surface area contributed by atoms with E-state index in [1.165, 1.54) is 4.90 Å². The van der Waals surface area contributed by atoms with Crippen LogP contribution in [0.3, 0.4) is 0 Å². The molecule has 1 N–H and O–H groups in total. The predicted molar refractivity (Wildman–Crippen MR) is 109 cm³/mol. The van der Waals surface area contributed by atoms with Gasteiger partial charge in [-0.15, -0.1) is 0 Å². The lowest BCUT2D eigenvalue weighted by molar-refractivity contribution is -0.138. The Morgan fingerprint density at radius 3 is 2.57 bits per heavy atom. The van der Waals surface area contributed by atoms with Crippen molar-refractivity contribution in [3.63, 3.8) is 0 Å². The Bertz CT molecular complexity index is 813. The molecule has 3 heterocycles. The number of likely N-dealkylation sites (N-methyl/N-ethyl adjacent to an activating group) is 1. The second kappa shape index (κ2) is 7.06. The summed E-state index contributed by atoms with van der Waals surface area (Å²) in [5.74, 6) is 0.217. The second-order valence-corrected chi connectivity index (χ2v) is 8.57. The molecule has 3 saturated heterocycles. The molecule has 4 unspecified atom stereocenters. The van der Waals surface area contributed by atoms with E-state index in [9.17, 15) is 9.59 Å². The summed E-state index contributed by atoms with van der Waals surface area (Å²) in [6.07, 6.45) is -0.511. The summed E-state index contributed by atoms with van der Waals surface area (Å²) in [6.45, 7) is 9.77. The van der Waals surface area contributed by atoms with Gasteiger partial charge in [0.1, 0.15) is 18.5 Å². The van der Waals surface area contributed by atoms with E-state index < -0.39 is 6.04 Å². The van der Waals surface area contributed by atoms with E-state index in [1.54, 1.807) is 11.9 Å². The number of halogens is 1. The number of urea groups is 1. The van der Waals surface area contributed by atoms with Gasteiger partial charge in [0.25, 0.3) is 5.91 Å². The van der Waals surface area contributed by atoms with Crippen LogP contribution >= 0.6 is 11.6 Å². The van der Waals surface area contributed by atoms with Crippen LogP contribution in [-0.4, -0.2) is 71.8 Å². The van der Waals surface area contributed by atoms with Gasteiger partial charge < -0.3 is 9.80 Å². The third kappa shape index (κ3) is 3.07. The number of carbonyl (C=O) groups is 2. The van der Waals surface area contributed by atoms with Gasteiger partial charge in [0.05, 0.1) is 6.54 Å². The Morgan fingerprint density at radius 1 is 1.25 bits per heavy atom. The first-order valence-corrected chi connectivity index (χ1v) is 9.92. The maximum atomic E-state index is 13.3. The first-order valence-electron chi connectivity index (χ1n) is 9.54. The van der Waals surface area contributed by atoms with Crippen LogP contribution in [0.15, 0.2) is 36.4 Å². The van der Waals surface area contributed by atoms with E-state index in [1.807, 2.05) is 31.2 Å². The highest BCUT2D eigenvalue weighted by Gasteiger charge is 2.56. The normalized spacial score (nSPS) is 30.5. The smallest absolute Gasteiger partial charge is 0.328 e. The standard InChI is InChI=1S/C20H26ClN5O2/c1-12(2)9-26-18(27)16-17(23(4)20(26)28)22-19-24(10-13(3)11-25(16)19)15-7-5-14(21)6-8-15/h5-8,13,16-17,19,22H,1,9-11H2,2-4H3. The molecule has 1 aromatic carbocycles. The van der Waals surface area contributed by atoms with Crippen LogP contribution in [0.2, 0.25) is 5.02 Å². The summed E-state index contributed by atoms with van der Waals surface area (Å²) in [5.41, 5.74) is 1.82. The lowest BCUT2D eigenvalue weighted by Crippen LogP contribution is -2.66. The number of amides is 3. The van der Waals surface area contributed by atoms with Crippen molar-refractivity contribution in [1.82, 2.24) is 20.0 Å².